The Morgan fingerprint density at radius 1 is 0.923 bits per heavy atom. The molecule has 1 saturated heterocycles. The lowest BCUT2D eigenvalue weighted by Crippen LogP contribution is -2.41. The fourth-order valence-electron chi connectivity index (χ4n) is 2.94. The summed E-state index contributed by atoms with van der Waals surface area (Å²) < 4.78 is 12.2. The van der Waals surface area contributed by atoms with Crippen LogP contribution in [-0.2, 0) is 9.31 Å². The van der Waals surface area contributed by atoms with Crippen molar-refractivity contribution in [2.45, 2.75) is 45.8 Å². The smallest absolute Gasteiger partial charge is 0.399 e. The number of hydrogen-bond acceptors (Lipinski definition) is 3. The zero-order valence-electron chi connectivity index (χ0n) is 16.4. The van der Waals surface area contributed by atoms with Crippen LogP contribution in [0.15, 0.2) is 48.5 Å². The van der Waals surface area contributed by atoms with Crippen LogP contribution < -0.4 is 10.4 Å². The predicted molar refractivity (Wildman–Crippen MR) is 106 cm³/mol. The van der Waals surface area contributed by atoms with Crippen molar-refractivity contribution in [3.8, 4) is 0 Å². The summed E-state index contributed by atoms with van der Waals surface area (Å²) in [6.07, 6.45) is 0. The number of rotatable bonds is 3. The Morgan fingerprint density at radius 2 is 1.46 bits per heavy atom. The molecule has 136 valence electrons. The van der Waals surface area contributed by atoms with Crippen molar-refractivity contribution in [3.05, 3.63) is 59.7 Å². The second kappa shape index (κ2) is 6.56. The molecule has 0 atom stereocenters. The van der Waals surface area contributed by atoms with Gasteiger partial charge in [-0.15, -0.1) is 0 Å². The van der Waals surface area contributed by atoms with E-state index in [9.17, 15) is 4.79 Å². The third-order valence-electron chi connectivity index (χ3n) is 5.49. The molecule has 0 saturated carbocycles. The van der Waals surface area contributed by atoms with Crippen LogP contribution in [0.3, 0.4) is 0 Å². The highest BCUT2D eigenvalue weighted by Gasteiger charge is 2.51. The number of aryl methyl sites for hydroxylation is 1. The van der Waals surface area contributed by atoms with Crippen molar-refractivity contribution in [1.82, 2.24) is 0 Å². The molecule has 0 aromatic heterocycles. The number of nitrogens with zero attached hydrogens (tertiary/aromatic N) is 1. The van der Waals surface area contributed by atoms with Gasteiger partial charge in [-0.3, -0.25) is 4.79 Å². The van der Waals surface area contributed by atoms with Gasteiger partial charge in [0.05, 0.1) is 11.2 Å². The second-order valence-corrected chi connectivity index (χ2v) is 7.86. The maximum atomic E-state index is 12.8. The number of anilines is 1. The molecule has 26 heavy (non-hydrogen) atoms. The van der Waals surface area contributed by atoms with E-state index in [1.807, 2.05) is 83.1 Å². The first-order chi connectivity index (χ1) is 12.1. The number of carbonyl (C=O) groups excluding carboxylic acids is 1. The van der Waals surface area contributed by atoms with Gasteiger partial charge in [0.2, 0.25) is 0 Å². The molecular formula is C21H26BNO3. The van der Waals surface area contributed by atoms with E-state index in [0.717, 1.165) is 16.7 Å². The Kier molecular flexibility index (Phi) is 4.71. The van der Waals surface area contributed by atoms with Gasteiger partial charge in [0.1, 0.15) is 0 Å². The van der Waals surface area contributed by atoms with E-state index in [-0.39, 0.29) is 17.1 Å². The molecule has 0 N–H and O–H groups in total. The summed E-state index contributed by atoms with van der Waals surface area (Å²) >= 11 is 0. The molecule has 1 aliphatic heterocycles. The van der Waals surface area contributed by atoms with Crippen LogP contribution in [0.5, 0.6) is 0 Å². The molecule has 2 aromatic rings. The van der Waals surface area contributed by atoms with Gasteiger partial charge in [0, 0.05) is 18.3 Å². The molecule has 0 aliphatic carbocycles. The molecular weight excluding hydrogens is 325 g/mol. The van der Waals surface area contributed by atoms with Gasteiger partial charge in [0.15, 0.2) is 0 Å². The first-order valence-corrected chi connectivity index (χ1v) is 8.92. The monoisotopic (exact) mass is 351 g/mol. The fourth-order valence-corrected chi connectivity index (χ4v) is 2.94. The molecule has 1 aliphatic rings. The van der Waals surface area contributed by atoms with Crippen LogP contribution in [-0.4, -0.2) is 31.3 Å². The normalized spacial score (nSPS) is 18.0. The van der Waals surface area contributed by atoms with Crippen LogP contribution in [0.1, 0.15) is 43.6 Å². The van der Waals surface area contributed by atoms with Gasteiger partial charge in [-0.2, -0.15) is 0 Å². The lowest BCUT2D eigenvalue weighted by atomic mass is 9.79. The van der Waals surface area contributed by atoms with Crippen molar-refractivity contribution >= 4 is 24.2 Å². The van der Waals surface area contributed by atoms with Crippen molar-refractivity contribution in [1.29, 1.82) is 0 Å². The lowest BCUT2D eigenvalue weighted by molar-refractivity contribution is 0.00578. The lowest BCUT2D eigenvalue weighted by Gasteiger charge is -2.32. The average Bonchev–Trinajstić information content (AvgIpc) is 2.82. The van der Waals surface area contributed by atoms with Crippen LogP contribution in [0.2, 0.25) is 0 Å². The summed E-state index contributed by atoms with van der Waals surface area (Å²) in [5, 5.41) is 0. The Bertz CT molecular complexity index is 798. The fraction of sp³-hybridized carbons (Fsp3) is 0.381. The van der Waals surface area contributed by atoms with Crippen molar-refractivity contribution in [3.63, 3.8) is 0 Å². The van der Waals surface area contributed by atoms with E-state index in [1.54, 1.807) is 11.9 Å². The van der Waals surface area contributed by atoms with Gasteiger partial charge < -0.3 is 14.2 Å². The molecule has 3 rings (SSSR count). The van der Waals surface area contributed by atoms with Crippen LogP contribution >= 0.6 is 0 Å². The van der Waals surface area contributed by atoms with Crippen molar-refractivity contribution in [2.75, 3.05) is 11.9 Å². The first-order valence-electron chi connectivity index (χ1n) is 8.92. The van der Waals surface area contributed by atoms with Crippen LogP contribution in [0.4, 0.5) is 5.69 Å². The second-order valence-electron chi connectivity index (χ2n) is 7.86. The number of benzene rings is 2. The SMILES string of the molecule is Cc1ccccc1C(=O)N(C)c1ccc(B2OC(C)(C)C(C)(C)O2)cc1. The van der Waals surface area contributed by atoms with E-state index in [2.05, 4.69) is 0 Å². The minimum Gasteiger partial charge on any atom is -0.399 e. The largest absolute Gasteiger partial charge is 0.494 e. The first kappa shape index (κ1) is 18.7. The van der Waals surface area contributed by atoms with E-state index in [0.29, 0.717) is 5.56 Å². The summed E-state index contributed by atoms with van der Waals surface area (Å²) in [4.78, 5) is 14.4. The Balaban J connectivity index is 1.78. The van der Waals surface area contributed by atoms with E-state index in [4.69, 9.17) is 9.31 Å². The Hall–Kier alpha value is -2.11. The molecule has 0 bridgehead atoms. The zero-order valence-corrected chi connectivity index (χ0v) is 16.4. The topological polar surface area (TPSA) is 38.8 Å². The molecule has 2 aromatic carbocycles. The highest BCUT2D eigenvalue weighted by Crippen LogP contribution is 2.36. The maximum absolute atomic E-state index is 12.8. The summed E-state index contributed by atoms with van der Waals surface area (Å²) in [6, 6.07) is 15.4. The molecule has 4 nitrogen and oxygen atoms in total. The zero-order chi connectivity index (χ0) is 19.1. The predicted octanol–water partition coefficient (Wildman–Crippen LogP) is 3.57. The van der Waals surface area contributed by atoms with E-state index >= 15 is 0 Å². The van der Waals surface area contributed by atoms with E-state index < -0.39 is 7.12 Å². The molecule has 1 fully saturated rings. The minimum absolute atomic E-state index is 0.0218. The summed E-state index contributed by atoms with van der Waals surface area (Å²) in [6.45, 7) is 10.1. The van der Waals surface area contributed by atoms with Gasteiger partial charge >= 0.3 is 7.12 Å². The number of hydrogen-bond donors (Lipinski definition) is 0. The van der Waals surface area contributed by atoms with Crippen LogP contribution in [0.25, 0.3) is 0 Å². The summed E-state index contributed by atoms with van der Waals surface area (Å²) in [5.74, 6) is -0.0218. The van der Waals surface area contributed by atoms with Gasteiger partial charge in [0.25, 0.3) is 5.91 Å². The standard InChI is InChI=1S/C21H26BNO3/c1-15-9-7-8-10-18(15)19(24)23(6)17-13-11-16(12-14-17)22-25-20(2,3)21(4,5)26-22/h7-14H,1-6H3. The van der Waals surface area contributed by atoms with Crippen molar-refractivity contribution in [2.24, 2.45) is 0 Å². The highest BCUT2D eigenvalue weighted by atomic mass is 16.7. The van der Waals surface area contributed by atoms with Gasteiger partial charge in [-0.25, -0.2) is 0 Å². The average molecular weight is 351 g/mol. The van der Waals surface area contributed by atoms with Crippen LogP contribution in [0, 0.1) is 6.92 Å². The van der Waals surface area contributed by atoms with Crippen molar-refractivity contribution < 1.29 is 14.1 Å². The third-order valence-corrected chi connectivity index (χ3v) is 5.49. The van der Waals surface area contributed by atoms with E-state index in [1.165, 1.54) is 0 Å². The minimum atomic E-state index is -0.397. The van der Waals surface area contributed by atoms with Gasteiger partial charge in [-0.1, -0.05) is 30.3 Å². The highest BCUT2D eigenvalue weighted by molar-refractivity contribution is 6.62. The maximum Gasteiger partial charge on any atom is 0.494 e. The number of carbonyl (C=O) groups is 1. The molecule has 1 heterocycles. The Labute approximate surface area is 156 Å². The van der Waals surface area contributed by atoms with Gasteiger partial charge in [-0.05, 0) is 63.8 Å². The quantitative estimate of drug-likeness (QED) is 0.794. The number of amides is 1. The molecule has 0 radical (unpaired) electrons. The third kappa shape index (κ3) is 3.29. The summed E-state index contributed by atoms with van der Waals surface area (Å²) in [5.41, 5.74) is 2.73. The molecule has 0 spiro atoms. The molecule has 1 amide bonds. The summed E-state index contributed by atoms with van der Waals surface area (Å²) in [7, 11) is 1.39. The Morgan fingerprint density at radius 3 is 2.00 bits per heavy atom. The molecule has 0 unspecified atom stereocenters. The molecule has 5 heteroatoms.